The molecule has 18 heavy (non-hydrogen) atoms. The Morgan fingerprint density at radius 2 is 2.44 bits per heavy atom. The van der Waals surface area contributed by atoms with E-state index in [4.69, 9.17) is 0 Å². The van der Waals surface area contributed by atoms with Crippen LogP contribution in [0.15, 0.2) is 24.4 Å². The lowest BCUT2D eigenvalue weighted by molar-refractivity contribution is 0.214. The van der Waals surface area contributed by atoms with Crippen molar-refractivity contribution in [2.75, 3.05) is 31.6 Å². The second kappa shape index (κ2) is 7.12. The van der Waals surface area contributed by atoms with Gasteiger partial charge in [0.25, 0.3) is 0 Å². The fraction of sp³-hybridized carbons (Fsp3) is 0.643. The molecule has 3 nitrogen and oxygen atoms in total. The third-order valence-corrected chi connectivity index (χ3v) is 4.58. The molecule has 1 aliphatic rings. The van der Waals surface area contributed by atoms with Crippen molar-refractivity contribution in [1.82, 2.24) is 15.2 Å². The van der Waals surface area contributed by atoms with Crippen LogP contribution in [0.25, 0.3) is 0 Å². The van der Waals surface area contributed by atoms with Crippen LogP contribution in [0.5, 0.6) is 0 Å². The maximum absolute atomic E-state index is 4.46. The number of nitrogens with one attached hydrogen (secondary N) is 1. The number of nitrogens with zero attached hydrogens (tertiary/aromatic N) is 2. The van der Waals surface area contributed by atoms with E-state index in [-0.39, 0.29) is 0 Å². The zero-order valence-electron chi connectivity index (χ0n) is 11.3. The Bertz CT molecular complexity index is 344. The quantitative estimate of drug-likeness (QED) is 0.876. The number of pyridine rings is 1. The van der Waals surface area contributed by atoms with Crippen LogP contribution >= 0.6 is 11.8 Å². The number of thioether (sulfide) groups is 1. The molecular formula is C14H23N3S. The van der Waals surface area contributed by atoms with Gasteiger partial charge in [0.2, 0.25) is 0 Å². The molecule has 0 amide bonds. The van der Waals surface area contributed by atoms with E-state index in [1.54, 1.807) is 0 Å². The van der Waals surface area contributed by atoms with Gasteiger partial charge in [-0.3, -0.25) is 4.98 Å². The van der Waals surface area contributed by atoms with Crippen LogP contribution in [0.3, 0.4) is 0 Å². The van der Waals surface area contributed by atoms with Gasteiger partial charge in [-0.05, 0) is 25.7 Å². The SMILES string of the molecule is CCNC(Cc1ccccn1)C1CSCCN1C. The zero-order valence-corrected chi connectivity index (χ0v) is 12.1. The first kappa shape index (κ1) is 13.8. The van der Waals surface area contributed by atoms with Crippen molar-refractivity contribution in [3.8, 4) is 0 Å². The van der Waals surface area contributed by atoms with Gasteiger partial charge in [-0.15, -0.1) is 0 Å². The van der Waals surface area contributed by atoms with Gasteiger partial charge in [-0.1, -0.05) is 13.0 Å². The molecule has 100 valence electrons. The molecule has 1 aromatic rings. The molecule has 0 bridgehead atoms. The molecule has 2 rings (SSSR count). The highest BCUT2D eigenvalue weighted by atomic mass is 32.2. The summed E-state index contributed by atoms with van der Waals surface area (Å²) in [7, 11) is 2.24. The first-order chi connectivity index (χ1) is 8.81. The van der Waals surface area contributed by atoms with Crippen LogP contribution in [0.2, 0.25) is 0 Å². The summed E-state index contributed by atoms with van der Waals surface area (Å²) < 4.78 is 0. The normalized spacial score (nSPS) is 22.9. The minimum atomic E-state index is 0.503. The molecule has 1 aromatic heterocycles. The van der Waals surface area contributed by atoms with Crippen molar-refractivity contribution < 1.29 is 0 Å². The standard InChI is InChI=1S/C14H23N3S/c1-3-15-13(10-12-6-4-5-7-16-12)14-11-18-9-8-17(14)2/h4-7,13-15H,3,8-11H2,1-2H3. The summed E-state index contributed by atoms with van der Waals surface area (Å²) in [5, 5.41) is 3.64. The lowest BCUT2D eigenvalue weighted by Crippen LogP contribution is -2.53. The predicted molar refractivity (Wildman–Crippen MR) is 79.1 cm³/mol. The Hall–Kier alpha value is -0.580. The first-order valence-corrected chi connectivity index (χ1v) is 7.88. The first-order valence-electron chi connectivity index (χ1n) is 6.72. The Kier molecular flexibility index (Phi) is 5.47. The Labute approximate surface area is 114 Å². The minimum absolute atomic E-state index is 0.503. The molecule has 0 aromatic carbocycles. The van der Waals surface area contributed by atoms with Crippen LogP contribution < -0.4 is 5.32 Å². The van der Waals surface area contributed by atoms with Gasteiger partial charge >= 0.3 is 0 Å². The second-order valence-electron chi connectivity index (χ2n) is 4.81. The van der Waals surface area contributed by atoms with E-state index in [1.165, 1.54) is 23.7 Å². The molecule has 1 fully saturated rings. The molecule has 0 saturated carbocycles. The largest absolute Gasteiger partial charge is 0.312 e. The Morgan fingerprint density at radius 1 is 1.56 bits per heavy atom. The van der Waals surface area contributed by atoms with Crippen molar-refractivity contribution in [1.29, 1.82) is 0 Å². The highest BCUT2D eigenvalue weighted by Crippen LogP contribution is 2.19. The van der Waals surface area contributed by atoms with E-state index in [2.05, 4.69) is 53.1 Å². The number of rotatable bonds is 5. The fourth-order valence-electron chi connectivity index (χ4n) is 2.48. The smallest absolute Gasteiger partial charge is 0.0419 e. The average molecular weight is 265 g/mol. The molecule has 0 radical (unpaired) electrons. The second-order valence-corrected chi connectivity index (χ2v) is 5.96. The van der Waals surface area contributed by atoms with E-state index in [9.17, 15) is 0 Å². The zero-order chi connectivity index (χ0) is 12.8. The summed E-state index contributed by atoms with van der Waals surface area (Å²) in [6.07, 6.45) is 2.90. The molecule has 4 heteroatoms. The Balaban J connectivity index is 2.02. The molecule has 2 atom stereocenters. The van der Waals surface area contributed by atoms with Crippen molar-refractivity contribution in [3.63, 3.8) is 0 Å². The average Bonchev–Trinajstić information content (AvgIpc) is 2.40. The lowest BCUT2D eigenvalue weighted by atomic mass is 10.0. The number of likely N-dealkylation sites (N-methyl/N-ethyl adjacent to an activating group) is 2. The van der Waals surface area contributed by atoms with Crippen LogP contribution in [0.4, 0.5) is 0 Å². The summed E-state index contributed by atoms with van der Waals surface area (Å²) >= 11 is 2.07. The number of hydrogen-bond acceptors (Lipinski definition) is 4. The van der Waals surface area contributed by atoms with E-state index < -0.39 is 0 Å². The summed E-state index contributed by atoms with van der Waals surface area (Å²) in [5.74, 6) is 2.48. The van der Waals surface area contributed by atoms with Crippen LogP contribution in [-0.4, -0.2) is 53.6 Å². The van der Waals surface area contributed by atoms with Crippen molar-refractivity contribution >= 4 is 11.8 Å². The van der Waals surface area contributed by atoms with Crippen LogP contribution in [-0.2, 0) is 6.42 Å². The molecule has 2 heterocycles. The molecular weight excluding hydrogens is 242 g/mol. The van der Waals surface area contributed by atoms with Gasteiger partial charge in [-0.2, -0.15) is 11.8 Å². The number of hydrogen-bond donors (Lipinski definition) is 1. The topological polar surface area (TPSA) is 28.2 Å². The van der Waals surface area contributed by atoms with Crippen molar-refractivity contribution in [2.45, 2.75) is 25.4 Å². The molecule has 1 N–H and O–H groups in total. The summed E-state index contributed by atoms with van der Waals surface area (Å²) in [6, 6.07) is 7.30. The van der Waals surface area contributed by atoms with Gasteiger partial charge in [-0.25, -0.2) is 0 Å². The molecule has 1 aliphatic heterocycles. The van der Waals surface area contributed by atoms with Gasteiger partial charge in [0.05, 0.1) is 0 Å². The maximum atomic E-state index is 4.46. The van der Waals surface area contributed by atoms with Gasteiger partial charge in [0, 0.05) is 48.4 Å². The monoisotopic (exact) mass is 265 g/mol. The maximum Gasteiger partial charge on any atom is 0.0419 e. The van der Waals surface area contributed by atoms with E-state index in [1.807, 2.05) is 12.3 Å². The van der Waals surface area contributed by atoms with Gasteiger partial charge < -0.3 is 10.2 Å². The predicted octanol–water partition coefficient (Wildman–Crippen LogP) is 1.65. The molecule has 2 unspecified atom stereocenters. The summed E-state index contributed by atoms with van der Waals surface area (Å²) in [5.41, 5.74) is 1.19. The van der Waals surface area contributed by atoms with E-state index in [0.717, 1.165) is 13.0 Å². The van der Waals surface area contributed by atoms with Crippen LogP contribution in [0, 0.1) is 0 Å². The minimum Gasteiger partial charge on any atom is -0.312 e. The van der Waals surface area contributed by atoms with E-state index in [0.29, 0.717) is 12.1 Å². The Morgan fingerprint density at radius 3 is 3.11 bits per heavy atom. The van der Waals surface area contributed by atoms with Crippen molar-refractivity contribution in [3.05, 3.63) is 30.1 Å². The third-order valence-electron chi connectivity index (χ3n) is 3.53. The van der Waals surface area contributed by atoms with E-state index >= 15 is 0 Å². The summed E-state index contributed by atoms with van der Waals surface area (Å²) in [6.45, 7) is 4.40. The lowest BCUT2D eigenvalue weighted by Gasteiger charge is -2.38. The molecule has 0 aliphatic carbocycles. The van der Waals surface area contributed by atoms with Gasteiger partial charge in [0.1, 0.15) is 0 Å². The third kappa shape index (κ3) is 3.70. The summed E-state index contributed by atoms with van der Waals surface area (Å²) in [4.78, 5) is 6.95. The highest BCUT2D eigenvalue weighted by Gasteiger charge is 2.27. The van der Waals surface area contributed by atoms with Gasteiger partial charge in [0.15, 0.2) is 0 Å². The highest BCUT2D eigenvalue weighted by molar-refractivity contribution is 7.99. The van der Waals surface area contributed by atoms with Crippen LogP contribution in [0.1, 0.15) is 12.6 Å². The van der Waals surface area contributed by atoms with Crippen molar-refractivity contribution in [2.24, 2.45) is 0 Å². The fourth-order valence-corrected chi connectivity index (χ4v) is 3.79. The number of aromatic nitrogens is 1. The molecule has 0 spiro atoms. The molecule has 1 saturated heterocycles.